The Kier molecular flexibility index (Phi) is 4.66. The van der Waals surface area contributed by atoms with Crippen LogP contribution in [0.3, 0.4) is 0 Å². The van der Waals surface area contributed by atoms with Gasteiger partial charge < -0.3 is 18.9 Å². The Balaban J connectivity index is 1.67. The number of epoxide rings is 1. The van der Waals surface area contributed by atoms with Gasteiger partial charge in [0.15, 0.2) is 0 Å². The van der Waals surface area contributed by atoms with Crippen LogP contribution in [0.2, 0.25) is 0 Å². The zero-order valence-electron chi connectivity index (χ0n) is 17.4. The SMILES string of the molecule is C=C1C(=O)O[C@]2(C)CCC1C[C@@H]1O[C@@]1(C)CC[C@H](OC(C)=O)[C@@]1(C)CC[C@@H]2O1. The Morgan fingerprint density at radius 1 is 1.00 bits per heavy atom. The second kappa shape index (κ2) is 6.56. The molecule has 4 rings (SSSR count). The maximum atomic E-state index is 12.7. The number of hydrogen-bond acceptors (Lipinski definition) is 6. The summed E-state index contributed by atoms with van der Waals surface area (Å²) >= 11 is 0. The van der Waals surface area contributed by atoms with Gasteiger partial charge in [-0.15, -0.1) is 0 Å². The fourth-order valence-corrected chi connectivity index (χ4v) is 5.32. The minimum atomic E-state index is -0.699. The maximum Gasteiger partial charge on any atom is 0.334 e. The first-order valence-corrected chi connectivity index (χ1v) is 10.5. The second-order valence-electron chi connectivity index (χ2n) is 9.71. The molecule has 6 nitrogen and oxygen atoms in total. The number of carbonyl (C=O) groups excluding carboxylic acids is 2. The van der Waals surface area contributed by atoms with Gasteiger partial charge in [0.25, 0.3) is 0 Å². The molecule has 0 amide bonds. The van der Waals surface area contributed by atoms with Gasteiger partial charge in [-0.1, -0.05) is 6.58 Å². The summed E-state index contributed by atoms with van der Waals surface area (Å²) < 4.78 is 24.2. The van der Waals surface area contributed by atoms with Gasteiger partial charge in [-0.3, -0.25) is 4.79 Å². The third kappa shape index (κ3) is 3.39. The highest BCUT2D eigenvalue weighted by Gasteiger charge is 2.57. The number of rotatable bonds is 1. The van der Waals surface area contributed by atoms with Crippen molar-refractivity contribution in [1.82, 2.24) is 0 Å². The molecule has 4 fully saturated rings. The summed E-state index contributed by atoms with van der Waals surface area (Å²) in [7, 11) is 0. The zero-order valence-corrected chi connectivity index (χ0v) is 17.4. The molecule has 156 valence electrons. The van der Waals surface area contributed by atoms with Crippen LogP contribution >= 0.6 is 0 Å². The van der Waals surface area contributed by atoms with Gasteiger partial charge >= 0.3 is 11.9 Å². The highest BCUT2D eigenvalue weighted by atomic mass is 16.6. The van der Waals surface area contributed by atoms with E-state index in [1.165, 1.54) is 6.92 Å². The van der Waals surface area contributed by atoms with Crippen molar-refractivity contribution in [3.05, 3.63) is 12.2 Å². The van der Waals surface area contributed by atoms with Crippen LogP contribution in [0.1, 0.15) is 72.6 Å². The third-order valence-electron chi connectivity index (χ3n) is 7.49. The first-order chi connectivity index (χ1) is 13.0. The van der Waals surface area contributed by atoms with Gasteiger partial charge in [0, 0.05) is 12.5 Å². The molecule has 28 heavy (non-hydrogen) atoms. The average Bonchev–Trinajstić information content (AvgIpc) is 3.09. The second-order valence-corrected chi connectivity index (χ2v) is 9.71. The molecule has 0 aromatic rings. The summed E-state index contributed by atoms with van der Waals surface area (Å²) in [4.78, 5) is 24.5. The number of hydrogen-bond donors (Lipinski definition) is 0. The predicted octanol–water partition coefficient (Wildman–Crippen LogP) is 3.47. The lowest BCUT2D eigenvalue weighted by molar-refractivity contribution is -0.195. The molecular weight excluding hydrogens is 360 g/mol. The Labute approximate surface area is 166 Å². The summed E-state index contributed by atoms with van der Waals surface area (Å²) in [5, 5.41) is 0. The first kappa shape index (κ1) is 19.9. The molecule has 0 spiro atoms. The van der Waals surface area contributed by atoms with E-state index >= 15 is 0 Å². The van der Waals surface area contributed by atoms with Crippen LogP contribution in [0.15, 0.2) is 12.2 Å². The molecule has 4 bridgehead atoms. The molecule has 4 heterocycles. The van der Waals surface area contributed by atoms with Crippen molar-refractivity contribution in [1.29, 1.82) is 0 Å². The summed E-state index contributed by atoms with van der Waals surface area (Å²) in [6.07, 6.45) is 4.89. The van der Waals surface area contributed by atoms with E-state index in [0.717, 1.165) is 38.5 Å². The number of esters is 2. The molecule has 0 N–H and O–H groups in total. The van der Waals surface area contributed by atoms with Crippen LogP contribution in [0.5, 0.6) is 0 Å². The number of carbonyl (C=O) groups is 2. The molecule has 1 unspecified atom stereocenters. The largest absolute Gasteiger partial charge is 0.459 e. The van der Waals surface area contributed by atoms with E-state index in [0.29, 0.717) is 12.0 Å². The van der Waals surface area contributed by atoms with E-state index in [-0.39, 0.29) is 41.8 Å². The average molecular weight is 392 g/mol. The van der Waals surface area contributed by atoms with Gasteiger partial charge in [0.05, 0.1) is 17.8 Å². The Hall–Kier alpha value is -1.40. The fraction of sp³-hybridized carbons (Fsp3) is 0.818. The van der Waals surface area contributed by atoms with Gasteiger partial charge in [-0.25, -0.2) is 4.79 Å². The quantitative estimate of drug-likeness (QED) is 0.386. The van der Waals surface area contributed by atoms with Crippen LogP contribution in [0.25, 0.3) is 0 Å². The molecule has 4 aliphatic heterocycles. The lowest BCUT2D eigenvalue weighted by atomic mass is 9.82. The van der Waals surface area contributed by atoms with Crippen molar-refractivity contribution < 1.29 is 28.5 Å². The Bertz CT molecular complexity index is 703. The summed E-state index contributed by atoms with van der Waals surface area (Å²) in [5.41, 5.74) is -0.990. The molecular formula is C22H32O6. The first-order valence-electron chi connectivity index (χ1n) is 10.5. The van der Waals surface area contributed by atoms with Crippen LogP contribution in [0, 0.1) is 5.92 Å². The molecule has 6 heteroatoms. The standard InChI is InChI=1S/C22H32O6/c1-13-15-6-9-21(4,28-19(13)24)17-8-11-20(3,26-17)16(25-14(2)23)7-10-22(5)18(12-15)27-22/h15-18H,1,6-12H2,2-5H3/t15?,16-,17-,18-,20+,21+,22-/m0/s1. The van der Waals surface area contributed by atoms with Gasteiger partial charge in [0.2, 0.25) is 0 Å². The normalized spacial score (nSPS) is 48.4. The lowest BCUT2D eigenvalue weighted by Crippen LogP contribution is -2.48. The van der Waals surface area contributed by atoms with Crippen molar-refractivity contribution in [2.75, 3.05) is 0 Å². The van der Waals surface area contributed by atoms with E-state index in [9.17, 15) is 9.59 Å². The molecule has 0 aromatic heterocycles. The monoisotopic (exact) mass is 392 g/mol. The van der Waals surface area contributed by atoms with Crippen LogP contribution in [-0.2, 0) is 28.5 Å². The molecule has 0 aliphatic carbocycles. The topological polar surface area (TPSA) is 74.4 Å². The predicted molar refractivity (Wildman–Crippen MR) is 102 cm³/mol. The number of fused-ring (bicyclic) bond motifs is 7. The number of ether oxygens (including phenoxy) is 4. The molecule has 4 aliphatic rings. The summed E-state index contributed by atoms with van der Waals surface area (Å²) in [5.74, 6) is -0.551. The zero-order chi connectivity index (χ0) is 20.3. The van der Waals surface area contributed by atoms with Crippen molar-refractivity contribution in [2.45, 2.75) is 108 Å². The molecule has 0 radical (unpaired) electrons. The molecule has 0 aromatic carbocycles. The van der Waals surface area contributed by atoms with Crippen LogP contribution < -0.4 is 0 Å². The highest BCUT2D eigenvalue weighted by molar-refractivity contribution is 5.89. The van der Waals surface area contributed by atoms with E-state index in [4.69, 9.17) is 18.9 Å². The van der Waals surface area contributed by atoms with Crippen molar-refractivity contribution in [3.8, 4) is 0 Å². The highest BCUT2D eigenvalue weighted by Crippen LogP contribution is 2.50. The minimum Gasteiger partial charge on any atom is -0.459 e. The van der Waals surface area contributed by atoms with E-state index in [1.807, 2.05) is 13.8 Å². The van der Waals surface area contributed by atoms with Gasteiger partial charge in [-0.2, -0.15) is 0 Å². The third-order valence-corrected chi connectivity index (χ3v) is 7.49. The van der Waals surface area contributed by atoms with Crippen molar-refractivity contribution in [2.24, 2.45) is 5.92 Å². The van der Waals surface area contributed by atoms with E-state index in [2.05, 4.69) is 13.5 Å². The van der Waals surface area contributed by atoms with E-state index in [1.54, 1.807) is 0 Å². The van der Waals surface area contributed by atoms with Crippen LogP contribution in [0.4, 0.5) is 0 Å². The summed E-state index contributed by atoms with van der Waals surface area (Å²) in [6.45, 7) is 11.6. The smallest absolute Gasteiger partial charge is 0.334 e. The summed E-state index contributed by atoms with van der Waals surface area (Å²) in [6, 6.07) is 0. The Morgan fingerprint density at radius 3 is 2.36 bits per heavy atom. The molecule has 0 saturated carbocycles. The fourth-order valence-electron chi connectivity index (χ4n) is 5.32. The molecule has 4 saturated heterocycles. The van der Waals surface area contributed by atoms with E-state index < -0.39 is 11.2 Å². The van der Waals surface area contributed by atoms with Crippen molar-refractivity contribution in [3.63, 3.8) is 0 Å². The minimum absolute atomic E-state index is 0.0685. The van der Waals surface area contributed by atoms with Crippen molar-refractivity contribution >= 4 is 11.9 Å². The lowest BCUT2D eigenvalue weighted by Gasteiger charge is -2.38. The van der Waals surface area contributed by atoms with Crippen LogP contribution in [-0.4, -0.2) is 47.1 Å². The molecule has 7 atom stereocenters. The maximum absolute atomic E-state index is 12.7. The van der Waals surface area contributed by atoms with Gasteiger partial charge in [-0.05, 0) is 71.6 Å². The van der Waals surface area contributed by atoms with Gasteiger partial charge in [0.1, 0.15) is 17.3 Å². The Morgan fingerprint density at radius 2 is 1.64 bits per heavy atom.